The van der Waals surface area contributed by atoms with Gasteiger partial charge in [-0.3, -0.25) is 4.79 Å². The minimum atomic E-state index is -0.360. The second-order valence-corrected chi connectivity index (χ2v) is 4.74. The lowest BCUT2D eigenvalue weighted by atomic mass is 10.2. The van der Waals surface area contributed by atoms with Crippen molar-refractivity contribution >= 4 is 11.6 Å². The van der Waals surface area contributed by atoms with Crippen molar-refractivity contribution in [3.05, 3.63) is 70.1 Å². The molecule has 0 spiro atoms. The number of aryl methyl sites for hydroxylation is 1. The fraction of sp³-hybridized carbons (Fsp3) is 0.0714. The van der Waals surface area contributed by atoms with Gasteiger partial charge < -0.3 is 4.57 Å². The van der Waals surface area contributed by atoms with E-state index < -0.39 is 0 Å². The number of nitrogens with zero attached hydrogens (tertiary/aromatic N) is 4. The molecule has 3 aromatic rings. The molecule has 2 heterocycles. The summed E-state index contributed by atoms with van der Waals surface area (Å²) in [4.78, 5) is 16.2. The van der Waals surface area contributed by atoms with Crippen molar-refractivity contribution in [2.45, 2.75) is 6.92 Å². The molecule has 0 atom stereocenters. The number of imidazole rings is 1. The van der Waals surface area contributed by atoms with E-state index in [9.17, 15) is 4.79 Å². The molecule has 0 amide bonds. The summed E-state index contributed by atoms with van der Waals surface area (Å²) < 4.78 is 2.93. The van der Waals surface area contributed by atoms with E-state index in [1.54, 1.807) is 29.5 Å². The van der Waals surface area contributed by atoms with E-state index in [0.717, 1.165) is 5.56 Å². The standard InChI is InChI=1S/C14H11ClN4O/c1-10-2-4-11(5-3-10)19-14(20)13(15)12(8-17-19)18-7-6-16-9-18/h2-9H,1H3. The Hall–Kier alpha value is -2.40. The zero-order valence-corrected chi connectivity index (χ0v) is 11.4. The predicted molar refractivity (Wildman–Crippen MR) is 76.7 cm³/mol. The minimum absolute atomic E-state index is 0.110. The van der Waals surface area contributed by atoms with Gasteiger partial charge in [0.25, 0.3) is 5.56 Å². The summed E-state index contributed by atoms with van der Waals surface area (Å²) in [5.41, 5.74) is 1.95. The van der Waals surface area contributed by atoms with Gasteiger partial charge in [0, 0.05) is 12.4 Å². The number of benzene rings is 1. The molecule has 0 aliphatic heterocycles. The van der Waals surface area contributed by atoms with Crippen LogP contribution in [0.25, 0.3) is 11.4 Å². The molecule has 20 heavy (non-hydrogen) atoms. The lowest BCUT2D eigenvalue weighted by Gasteiger charge is -2.08. The first kappa shape index (κ1) is 12.6. The van der Waals surface area contributed by atoms with E-state index in [4.69, 9.17) is 11.6 Å². The molecule has 3 rings (SSSR count). The van der Waals surface area contributed by atoms with Crippen LogP contribution in [0.15, 0.2) is 54.0 Å². The third-order valence-electron chi connectivity index (χ3n) is 2.96. The van der Waals surface area contributed by atoms with Crippen molar-refractivity contribution in [3.8, 4) is 11.4 Å². The number of aromatic nitrogens is 4. The SMILES string of the molecule is Cc1ccc(-n2ncc(-n3ccnc3)c(Cl)c2=O)cc1. The molecular weight excluding hydrogens is 276 g/mol. The van der Waals surface area contributed by atoms with Crippen molar-refractivity contribution in [1.29, 1.82) is 0 Å². The largest absolute Gasteiger partial charge is 0.303 e. The van der Waals surface area contributed by atoms with Crippen molar-refractivity contribution in [2.75, 3.05) is 0 Å². The maximum absolute atomic E-state index is 12.3. The van der Waals surface area contributed by atoms with Gasteiger partial charge in [0.1, 0.15) is 5.02 Å². The molecule has 0 fully saturated rings. The highest BCUT2D eigenvalue weighted by Crippen LogP contribution is 2.15. The van der Waals surface area contributed by atoms with Crippen LogP contribution in [0, 0.1) is 6.92 Å². The van der Waals surface area contributed by atoms with Gasteiger partial charge in [-0.05, 0) is 19.1 Å². The lowest BCUT2D eigenvalue weighted by molar-refractivity contribution is 0.796. The summed E-state index contributed by atoms with van der Waals surface area (Å²) in [6, 6.07) is 7.50. The average molecular weight is 287 g/mol. The van der Waals surface area contributed by atoms with Crippen LogP contribution in [0.2, 0.25) is 5.02 Å². The van der Waals surface area contributed by atoms with Crippen molar-refractivity contribution < 1.29 is 0 Å². The highest BCUT2D eigenvalue weighted by Gasteiger charge is 2.11. The van der Waals surface area contributed by atoms with Crippen LogP contribution < -0.4 is 5.56 Å². The first-order valence-corrected chi connectivity index (χ1v) is 6.38. The quantitative estimate of drug-likeness (QED) is 0.727. The Bertz CT molecular complexity index is 791. The van der Waals surface area contributed by atoms with Gasteiger partial charge in [0.15, 0.2) is 0 Å². The number of hydrogen-bond donors (Lipinski definition) is 0. The Morgan fingerprint density at radius 2 is 1.95 bits per heavy atom. The molecular formula is C14H11ClN4O. The molecule has 1 aromatic carbocycles. The zero-order chi connectivity index (χ0) is 14.1. The Labute approximate surface area is 120 Å². The van der Waals surface area contributed by atoms with Gasteiger partial charge in [-0.15, -0.1) is 0 Å². The Morgan fingerprint density at radius 1 is 1.20 bits per heavy atom. The smallest absolute Gasteiger partial charge is 0.292 e. The third kappa shape index (κ3) is 2.12. The van der Waals surface area contributed by atoms with Crippen LogP contribution >= 0.6 is 11.6 Å². The van der Waals surface area contributed by atoms with Crippen LogP contribution in [-0.2, 0) is 0 Å². The predicted octanol–water partition coefficient (Wildman–Crippen LogP) is 2.38. The maximum Gasteiger partial charge on any atom is 0.292 e. The molecule has 100 valence electrons. The number of rotatable bonds is 2. The van der Waals surface area contributed by atoms with Crippen molar-refractivity contribution in [2.24, 2.45) is 0 Å². The van der Waals surface area contributed by atoms with Crippen molar-refractivity contribution in [3.63, 3.8) is 0 Å². The maximum atomic E-state index is 12.3. The van der Waals surface area contributed by atoms with Crippen LogP contribution in [-0.4, -0.2) is 19.3 Å². The highest BCUT2D eigenvalue weighted by atomic mass is 35.5. The fourth-order valence-electron chi connectivity index (χ4n) is 1.88. The molecule has 5 nitrogen and oxygen atoms in total. The first-order valence-electron chi connectivity index (χ1n) is 6.00. The average Bonchev–Trinajstić information content (AvgIpc) is 2.97. The molecule has 0 saturated heterocycles. The molecule has 0 unspecified atom stereocenters. The lowest BCUT2D eigenvalue weighted by Crippen LogP contribution is -2.22. The van der Waals surface area contributed by atoms with E-state index >= 15 is 0 Å². The summed E-state index contributed by atoms with van der Waals surface area (Å²) in [6.45, 7) is 1.98. The Morgan fingerprint density at radius 3 is 2.60 bits per heavy atom. The van der Waals surface area contributed by atoms with E-state index in [1.807, 2.05) is 31.2 Å². The molecule has 0 N–H and O–H groups in total. The third-order valence-corrected chi connectivity index (χ3v) is 3.32. The van der Waals surface area contributed by atoms with Gasteiger partial charge >= 0.3 is 0 Å². The zero-order valence-electron chi connectivity index (χ0n) is 10.7. The molecule has 0 aliphatic rings. The summed E-state index contributed by atoms with van der Waals surface area (Å²) in [5.74, 6) is 0. The van der Waals surface area contributed by atoms with E-state index in [0.29, 0.717) is 11.4 Å². The molecule has 6 heteroatoms. The first-order chi connectivity index (χ1) is 9.66. The van der Waals surface area contributed by atoms with Crippen LogP contribution in [0.3, 0.4) is 0 Å². The van der Waals surface area contributed by atoms with Crippen LogP contribution in [0.4, 0.5) is 0 Å². The molecule has 2 aromatic heterocycles. The Balaban J connectivity index is 2.14. The van der Waals surface area contributed by atoms with E-state index in [1.165, 1.54) is 4.68 Å². The normalized spacial score (nSPS) is 10.7. The number of hydrogen-bond acceptors (Lipinski definition) is 3. The summed E-state index contributed by atoms with van der Waals surface area (Å²) in [5, 5.41) is 4.28. The topological polar surface area (TPSA) is 52.7 Å². The van der Waals surface area contributed by atoms with E-state index in [2.05, 4.69) is 10.1 Å². The second-order valence-electron chi connectivity index (χ2n) is 4.37. The summed E-state index contributed by atoms with van der Waals surface area (Å²) in [7, 11) is 0. The fourth-order valence-corrected chi connectivity index (χ4v) is 2.10. The van der Waals surface area contributed by atoms with Gasteiger partial charge in [-0.2, -0.15) is 9.78 Å². The van der Waals surface area contributed by atoms with Gasteiger partial charge in [0.05, 0.1) is 23.9 Å². The monoisotopic (exact) mass is 286 g/mol. The van der Waals surface area contributed by atoms with Gasteiger partial charge in [0.2, 0.25) is 0 Å². The molecule has 0 saturated carbocycles. The summed E-state index contributed by atoms with van der Waals surface area (Å²) >= 11 is 6.15. The minimum Gasteiger partial charge on any atom is -0.303 e. The van der Waals surface area contributed by atoms with Gasteiger partial charge in [-0.25, -0.2) is 4.98 Å². The number of halogens is 1. The summed E-state index contributed by atoms with van der Waals surface area (Å²) in [6.07, 6.45) is 6.43. The van der Waals surface area contributed by atoms with E-state index in [-0.39, 0.29) is 10.6 Å². The Kier molecular flexibility index (Phi) is 3.12. The van der Waals surface area contributed by atoms with Crippen LogP contribution in [0.1, 0.15) is 5.56 Å². The van der Waals surface area contributed by atoms with Gasteiger partial charge in [-0.1, -0.05) is 29.3 Å². The molecule has 0 radical (unpaired) electrons. The second kappa shape index (κ2) is 4.94. The van der Waals surface area contributed by atoms with Crippen molar-refractivity contribution in [1.82, 2.24) is 19.3 Å². The van der Waals surface area contributed by atoms with Crippen LogP contribution in [0.5, 0.6) is 0 Å². The highest BCUT2D eigenvalue weighted by molar-refractivity contribution is 6.32. The molecule has 0 aliphatic carbocycles. The molecule has 0 bridgehead atoms.